The van der Waals surface area contributed by atoms with Crippen molar-refractivity contribution in [2.45, 2.75) is 12.8 Å². The number of esters is 1. The number of H-pyrrole nitrogens is 1. The van der Waals surface area contributed by atoms with Crippen molar-refractivity contribution in [2.24, 2.45) is 0 Å². The van der Waals surface area contributed by atoms with Crippen LogP contribution in [0.3, 0.4) is 0 Å². The van der Waals surface area contributed by atoms with E-state index in [0.717, 1.165) is 23.1 Å². The third-order valence-electron chi connectivity index (χ3n) is 5.24. The molecule has 1 aliphatic heterocycles. The van der Waals surface area contributed by atoms with Crippen molar-refractivity contribution in [3.05, 3.63) is 93.9 Å². The number of ether oxygens (including phenoxy) is 3. The first-order valence-corrected chi connectivity index (χ1v) is 10.3. The van der Waals surface area contributed by atoms with Crippen molar-refractivity contribution in [1.29, 1.82) is 0 Å². The summed E-state index contributed by atoms with van der Waals surface area (Å²) in [6.45, 7) is 1.13. The van der Waals surface area contributed by atoms with E-state index in [-0.39, 0.29) is 5.56 Å². The normalized spacial score (nSPS) is 12.9. The number of fused-ring (bicyclic) bond motifs is 2. The van der Waals surface area contributed by atoms with E-state index in [9.17, 15) is 9.59 Å². The maximum absolute atomic E-state index is 12.7. The average Bonchev–Trinajstić information content (AvgIpc) is 3.06. The molecule has 7 nitrogen and oxygen atoms in total. The fourth-order valence-corrected chi connectivity index (χ4v) is 3.67. The Balaban J connectivity index is 1.36. The highest BCUT2D eigenvalue weighted by Crippen LogP contribution is 2.31. The Labute approximate surface area is 183 Å². The summed E-state index contributed by atoms with van der Waals surface area (Å²) in [7, 11) is 0. The number of carbonyl (C=O) groups is 1. The number of aromatic amines is 1. The molecular weight excluding hydrogens is 408 g/mol. The van der Waals surface area contributed by atoms with Crippen LogP contribution in [0.1, 0.15) is 28.0 Å². The van der Waals surface area contributed by atoms with Gasteiger partial charge >= 0.3 is 5.97 Å². The van der Waals surface area contributed by atoms with Gasteiger partial charge in [0.05, 0.1) is 29.9 Å². The number of nitrogens with one attached hydrogen (secondary N) is 1. The predicted octanol–water partition coefficient (Wildman–Crippen LogP) is 3.89. The van der Waals surface area contributed by atoms with Crippen LogP contribution in [-0.4, -0.2) is 29.4 Å². The summed E-state index contributed by atoms with van der Waals surface area (Å²) < 4.78 is 16.9. The van der Waals surface area contributed by atoms with E-state index in [1.807, 2.05) is 30.3 Å². The van der Waals surface area contributed by atoms with Crippen LogP contribution in [0.5, 0.6) is 17.2 Å². The van der Waals surface area contributed by atoms with Crippen LogP contribution in [0.4, 0.5) is 0 Å². The van der Waals surface area contributed by atoms with Crippen molar-refractivity contribution < 1.29 is 19.0 Å². The summed E-state index contributed by atoms with van der Waals surface area (Å²) in [5, 5.41) is 8.15. The Bertz CT molecular complexity index is 1360. The van der Waals surface area contributed by atoms with E-state index in [4.69, 9.17) is 14.2 Å². The molecule has 0 saturated heterocycles. The highest BCUT2D eigenvalue weighted by molar-refractivity contribution is 5.92. The Morgan fingerprint density at radius 2 is 1.75 bits per heavy atom. The first kappa shape index (κ1) is 19.8. The minimum Gasteiger partial charge on any atom is -0.490 e. The molecule has 32 heavy (non-hydrogen) atoms. The molecule has 5 rings (SSSR count). The van der Waals surface area contributed by atoms with Crippen LogP contribution in [0.15, 0.2) is 71.5 Å². The van der Waals surface area contributed by atoms with Crippen molar-refractivity contribution >= 4 is 16.7 Å². The van der Waals surface area contributed by atoms with E-state index in [0.29, 0.717) is 47.8 Å². The monoisotopic (exact) mass is 428 g/mol. The summed E-state index contributed by atoms with van der Waals surface area (Å²) in [6.07, 6.45) is 1.27. The van der Waals surface area contributed by atoms with Gasteiger partial charge in [0.2, 0.25) is 0 Å². The number of aromatic nitrogens is 2. The smallest absolute Gasteiger partial charge is 0.343 e. The van der Waals surface area contributed by atoms with Crippen LogP contribution in [-0.2, 0) is 6.42 Å². The second-order valence-corrected chi connectivity index (χ2v) is 7.47. The fourth-order valence-electron chi connectivity index (χ4n) is 3.67. The summed E-state index contributed by atoms with van der Waals surface area (Å²) in [5.74, 6) is 1.11. The molecule has 2 heterocycles. The maximum Gasteiger partial charge on any atom is 0.343 e. The lowest BCUT2D eigenvalue weighted by molar-refractivity contribution is 0.0734. The van der Waals surface area contributed by atoms with Gasteiger partial charge in [-0.05, 0) is 42.0 Å². The molecule has 1 N–H and O–H groups in total. The van der Waals surface area contributed by atoms with Gasteiger partial charge in [0, 0.05) is 18.2 Å². The first-order chi connectivity index (χ1) is 15.7. The molecule has 0 atom stereocenters. The lowest BCUT2D eigenvalue weighted by Gasteiger charge is -2.10. The van der Waals surface area contributed by atoms with Gasteiger partial charge in [0.15, 0.2) is 11.5 Å². The highest BCUT2D eigenvalue weighted by atomic mass is 16.5. The number of rotatable bonds is 4. The van der Waals surface area contributed by atoms with E-state index in [1.165, 1.54) is 0 Å². The quantitative estimate of drug-likeness (QED) is 0.392. The zero-order valence-corrected chi connectivity index (χ0v) is 17.2. The predicted molar refractivity (Wildman–Crippen MR) is 119 cm³/mol. The van der Waals surface area contributed by atoms with Crippen LogP contribution in [0.25, 0.3) is 10.8 Å². The molecule has 0 spiro atoms. The Hall–Kier alpha value is -4.13. The molecule has 0 fully saturated rings. The van der Waals surface area contributed by atoms with Crippen molar-refractivity contribution in [1.82, 2.24) is 10.2 Å². The molecule has 160 valence electrons. The molecule has 0 aliphatic carbocycles. The molecule has 0 unspecified atom stereocenters. The second-order valence-electron chi connectivity index (χ2n) is 7.47. The van der Waals surface area contributed by atoms with E-state index >= 15 is 0 Å². The number of carbonyl (C=O) groups excluding carboxylic acids is 1. The standard InChI is InChI=1S/C25H20N2O5/c28-24-20-8-2-1-7-19(20)21(26-27-24)14-16-5-3-6-18(13-16)32-25(29)17-9-10-22-23(15-17)31-12-4-11-30-22/h1-3,5-10,13,15H,4,11-12,14H2,(H,27,28). The van der Waals surface area contributed by atoms with Gasteiger partial charge in [-0.15, -0.1) is 0 Å². The number of nitrogens with zero attached hydrogens (tertiary/aromatic N) is 1. The van der Waals surface area contributed by atoms with Gasteiger partial charge in [0.1, 0.15) is 5.75 Å². The van der Waals surface area contributed by atoms with E-state index in [2.05, 4.69) is 10.2 Å². The van der Waals surface area contributed by atoms with Gasteiger partial charge < -0.3 is 14.2 Å². The summed E-state index contributed by atoms with van der Waals surface area (Å²) in [5.41, 5.74) is 1.81. The molecule has 1 aromatic heterocycles. The molecular formula is C25H20N2O5. The van der Waals surface area contributed by atoms with Gasteiger partial charge in [-0.3, -0.25) is 4.79 Å². The largest absolute Gasteiger partial charge is 0.490 e. The lowest BCUT2D eigenvalue weighted by atomic mass is 10.0. The molecule has 1 aliphatic rings. The van der Waals surface area contributed by atoms with Crippen molar-refractivity contribution in [3.8, 4) is 17.2 Å². The summed E-state index contributed by atoms with van der Waals surface area (Å²) in [4.78, 5) is 24.7. The molecule has 0 amide bonds. The van der Waals surface area contributed by atoms with Gasteiger partial charge in [-0.1, -0.05) is 30.3 Å². The van der Waals surface area contributed by atoms with Crippen molar-refractivity contribution in [3.63, 3.8) is 0 Å². The zero-order valence-electron chi connectivity index (χ0n) is 17.2. The number of benzene rings is 3. The summed E-state index contributed by atoms with van der Waals surface area (Å²) in [6, 6.07) is 19.6. The average molecular weight is 428 g/mol. The maximum atomic E-state index is 12.7. The van der Waals surface area contributed by atoms with E-state index < -0.39 is 5.97 Å². The molecule has 3 aromatic carbocycles. The lowest BCUT2D eigenvalue weighted by Crippen LogP contribution is -2.11. The SMILES string of the molecule is O=C(Oc1cccc(Cc2n[nH]c(=O)c3ccccc23)c1)c1ccc2c(c1)OCCCO2. The Kier molecular flexibility index (Phi) is 5.29. The zero-order chi connectivity index (χ0) is 21.9. The minimum atomic E-state index is -0.481. The minimum absolute atomic E-state index is 0.220. The summed E-state index contributed by atoms with van der Waals surface area (Å²) >= 11 is 0. The Morgan fingerprint density at radius 3 is 2.62 bits per heavy atom. The highest BCUT2D eigenvalue weighted by Gasteiger charge is 2.16. The third kappa shape index (κ3) is 4.05. The van der Waals surface area contributed by atoms with E-state index in [1.54, 1.807) is 36.4 Å². The van der Waals surface area contributed by atoms with Crippen LogP contribution < -0.4 is 19.8 Å². The van der Waals surface area contributed by atoms with Gasteiger partial charge in [-0.2, -0.15) is 5.10 Å². The van der Waals surface area contributed by atoms with Gasteiger partial charge in [-0.25, -0.2) is 9.89 Å². The molecule has 7 heteroatoms. The number of hydrogen-bond acceptors (Lipinski definition) is 6. The first-order valence-electron chi connectivity index (χ1n) is 10.3. The molecule has 0 radical (unpaired) electrons. The molecule has 0 bridgehead atoms. The van der Waals surface area contributed by atoms with Crippen LogP contribution >= 0.6 is 0 Å². The fraction of sp³-hybridized carbons (Fsp3) is 0.160. The second kappa shape index (κ2) is 8.55. The third-order valence-corrected chi connectivity index (χ3v) is 5.24. The topological polar surface area (TPSA) is 90.5 Å². The van der Waals surface area contributed by atoms with Crippen LogP contribution in [0.2, 0.25) is 0 Å². The van der Waals surface area contributed by atoms with Crippen molar-refractivity contribution in [2.75, 3.05) is 13.2 Å². The van der Waals surface area contributed by atoms with Gasteiger partial charge in [0.25, 0.3) is 5.56 Å². The molecule has 4 aromatic rings. The Morgan fingerprint density at radius 1 is 0.938 bits per heavy atom. The molecule has 0 saturated carbocycles. The van der Waals surface area contributed by atoms with Crippen LogP contribution in [0, 0.1) is 0 Å². The number of hydrogen-bond donors (Lipinski definition) is 1.